The predicted molar refractivity (Wildman–Crippen MR) is 67.1 cm³/mol. The first-order chi connectivity index (χ1) is 8.60. The van der Waals surface area contributed by atoms with Crippen LogP contribution in [0.3, 0.4) is 0 Å². The number of nitrogens with two attached hydrogens (primary N) is 1. The second kappa shape index (κ2) is 6.93. The summed E-state index contributed by atoms with van der Waals surface area (Å²) in [4.78, 5) is 1.93. The summed E-state index contributed by atoms with van der Waals surface area (Å²) in [6, 6.07) is 4.83. The minimum absolute atomic E-state index is 0.107. The topological polar surface area (TPSA) is 71.1 Å². The molecule has 6 heteroatoms. The molecule has 0 aliphatic carbocycles. The molecule has 1 aromatic carbocycles. The average Bonchev–Trinajstić information content (AvgIpc) is 2.38. The molecule has 5 nitrogen and oxygen atoms in total. The number of halogens is 1. The van der Waals surface area contributed by atoms with Gasteiger partial charge >= 0.3 is 0 Å². The first kappa shape index (κ1) is 14.4. The third-order valence-electron chi connectivity index (χ3n) is 2.58. The van der Waals surface area contributed by atoms with E-state index in [4.69, 9.17) is 15.7 Å². The second-order valence-electron chi connectivity index (χ2n) is 3.99. The van der Waals surface area contributed by atoms with E-state index in [9.17, 15) is 4.39 Å². The Labute approximate surface area is 106 Å². The summed E-state index contributed by atoms with van der Waals surface area (Å²) in [6.07, 6.45) is 0. The number of methoxy groups -OCH3 is 1. The van der Waals surface area contributed by atoms with Crippen LogP contribution in [0.15, 0.2) is 23.4 Å². The van der Waals surface area contributed by atoms with Crippen molar-refractivity contribution < 1.29 is 14.3 Å². The van der Waals surface area contributed by atoms with Crippen LogP contribution in [-0.2, 0) is 11.3 Å². The van der Waals surface area contributed by atoms with Gasteiger partial charge in [0.05, 0.1) is 12.2 Å². The molecular weight excluding hydrogens is 237 g/mol. The van der Waals surface area contributed by atoms with E-state index in [1.165, 1.54) is 6.07 Å². The summed E-state index contributed by atoms with van der Waals surface area (Å²) < 4.78 is 19.0. The number of likely N-dealkylation sites (N-methyl/N-ethyl adjacent to an activating group) is 1. The van der Waals surface area contributed by atoms with E-state index >= 15 is 0 Å². The molecule has 100 valence electrons. The molecule has 0 spiro atoms. The van der Waals surface area contributed by atoms with Crippen molar-refractivity contribution in [3.8, 4) is 0 Å². The number of oxime groups is 1. The molecule has 3 N–H and O–H groups in total. The van der Waals surface area contributed by atoms with Crippen LogP contribution < -0.4 is 5.73 Å². The van der Waals surface area contributed by atoms with Crippen LogP contribution in [0.1, 0.15) is 11.1 Å². The van der Waals surface area contributed by atoms with Crippen molar-refractivity contribution in [2.24, 2.45) is 10.9 Å². The van der Waals surface area contributed by atoms with E-state index in [-0.39, 0.29) is 11.4 Å². The van der Waals surface area contributed by atoms with Gasteiger partial charge in [0.2, 0.25) is 0 Å². The number of nitrogens with zero attached hydrogens (tertiary/aromatic N) is 2. The fourth-order valence-electron chi connectivity index (χ4n) is 1.57. The maximum atomic E-state index is 14.1. The number of hydrogen-bond acceptors (Lipinski definition) is 4. The monoisotopic (exact) mass is 255 g/mol. The summed E-state index contributed by atoms with van der Waals surface area (Å²) in [5, 5.41) is 11.4. The van der Waals surface area contributed by atoms with Crippen LogP contribution in [0.25, 0.3) is 0 Å². The van der Waals surface area contributed by atoms with Gasteiger partial charge in [0.1, 0.15) is 5.82 Å². The average molecular weight is 255 g/mol. The zero-order valence-corrected chi connectivity index (χ0v) is 10.6. The molecule has 18 heavy (non-hydrogen) atoms. The van der Waals surface area contributed by atoms with Gasteiger partial charge in [-0.2, -0.15) is 0 Å². The second-order valence-corrected chi connectivity index (χ2v) is 3.99. The molecule has 0 amide bonds. The summed E-state index contributed by atoms with van der Waals surface area (Å²) in [5.41, 5.74) is 6.01. The predicted octanol–water partition coefficient (Wildman–Crippen LogP) is 0.998. The lowest BCUT2D eigenvalue weighted by Gasteiger charge is -2.17. The largest absolute Gasteiger partial charge is 0.409 e. The Hall–Kier alpha value is -1.66. The lowest BCUT2D eigenvalue weighted by atomic mass is 10.1. The Morgan fingerprint density at radius 1 is 1.56 bits per heavy atom. The van der Waals surface area contributed by atoms with Crippen LogP contribution >= 0.6 is 0 Å². The number of ether oxygens (including phenoxy) is 1. The van der Waals surface area contributed by atoms with Crippen LogP contribution in [0, 0.1) is 5.82 Å². The summed E-state index contributed by atoms with van der Waals surface area (Å²) >= 11 is 0. The Kier molecular flexibility index (Phi) is 5.54. The molecule has 0 unspecified atom stereocenters. The molecule has 1 rings (SSSR count). The van der Waals surface area contributed by atoms with Crippen LogP contribution in [-0.4, -0.2) is 43.3 Å². The van der Waals surface area contributed by atoms with Crippen LogP contribution in [0.4, 0.5) is 4.39 Å². The molecule has 0 heterocycles. The first-order valence-electron chi connectivity index (χ1n) is 5.53. The summed E-state index contributed by atoms with van der Waals surface area (Å²) in [5.74, 6) is -0.689. The van der Waals surface area contributed by atoms with E-state index in [0.29, 0.717) is 25.3 Å². The number of benzene rings is 1. The van der Waals surface area contributed by atoms with Gasteiger partial charge < -0.3 is 15.7 Å². The van der Waals surface area contributed by atoms with Gasteiger partial charge in [-0.25, -0.2) is 4.39 Å². The van der Waals surface area contributed by atoms with Gasteiger partial charge in [-0.05, 0) is 13.1 Å². The van der Waals surface area contributed by atoms with Crippen molar-refractivity contribution in [1.29, 1.82) is 0 Å². The fourth-order valence-corrected chi connectivity index (χ4v) is 1.57. The highest BCUT2D eigenvalue weighted by Crippen LogP contribution is 2.14. The van der Waals surface area contributed by atoms with Gasteiger partial charge in [0.15, 0.2) is 5.84 Å². The van der Waals surface area contributed by atoms with Crippen molar-refractivity contribution in [1.82, 2.24) is 4.90 Å². The molecule has 0 bridgehead atoms. The Balaban J connectivity index is 2.84. The third kappa shape index (κ3) is 3.68. The maximum Gasteiger partial charge on any atom is 0.173 e. The minimum atomic E-state index is -0.461. The summed E-state index contributed by atoms with van der Waals surface area (Å²) in [7, 11) is 3.49. The zero-order chi connectivity index (χ0) is 13.5. The van der Waals surface area contributed by atoms with Gasteiger partial charge in [-0.1, -0.05) is 17.3 Å². The number of hydrogen-bond donors (Lipinski definition) is 2. The fraction of sp³-hybridized carbons (Fsp3) is 0.417. The van der Waals surface area contributed by atoms with Gasteiger partial charge in [-0.3, -0.25) is 4.90 Å². The highest BCUT2D eigenvalue weighted by atomic mass is 19.1. The standard InChI is InChI=1S/C12H18FN3O2/c1-16(6-7-18-2)8-9-4-3-5-10(11(9)13)12(14)15-17/h3-5,17H,6-8H2,1-2H3,(H2,14,15). The maximum absolute atomic E-state index is 14.1. The van der Waals surface area contributed by atoms with Gasteiger partial charge in [0, 0.05) is 25.8 Å². The molecule has 0 radical (unpaired) electrons. The number of rotatable bonds is 6. The summed E-state index contributed by atoms with van der Waals surface area (Å²) in [6.45, 7) is 1.71. The Morgan fingerprint density at radius 3 is 2.89 bits per heavy atom. The quantitative estimate of drug-likeness (QED) is 0.344. The van der Waals surface area contributed by atoms with Gasteiger partial charge in [0.25, 0.3) is 0 Å². The lowest BCUT2D eigenvalue weighted by molar-refractivity contribution is 0.158. The third-order valence-corrected chi connectivity index (χ3v) is 2.58. The van der Waals surface area contributed by atoms with E-state index in [0.717, 1.165) is 0 Å². The van der Waals surface area contributed by atoms with E-state index in [2.05, 4.69) is 5.16 Å². The molecule has 0 fully saturated rings. The molecule has 1 aromatic rings. The Bertz CT molecular complexity index is 424. The Morgan fingerprint density at radius 2 is 2.28 bits per heavy atom. The van der Waals surface area contributed by atoms with Crippen LogP contribution in [0.5, 0.6) is 0 Å². The van der Waals surface area contributed by atoms with E-state index in [1.807, 2.05) is 11.9 Å². The van der Waals surface area contributed by atoms with E-state index < -0.39 is 5.82 Å². The van der Waals surface area contributed by atoms with E-state index in [1.54, 1.807) is 19.2 Å². The van der Waals surface area contributed by atoms with Crippen molar-refractivity contribution in [2.45, 2.75) is 6.54 Å². The van der Waals surface area contributed by atoms with Crippen molar-refractivity contribution in [2.75, 3.05) is 27.3 Å². The molecule has 0 aliphatic heterocycles. The molecule has 0 aliphatic rings. The van der Waals surface area contributed by atoms with Gasteiger partial charge in [-0.15, -0.1) is 0 Å². The van der Waals surface area contributed by atoms with Crippen molar-refractivity contribution >= 4 is 5.84 Å². The molecule has 0 aromatic heterocycles. The highest BCUT2D eigenvalue weighted by molar-refractivity contribution is 5.97. The highest BCUT2D eigenvalue weighted by Gasteiger charge is 2.12. The smallest absolute Gasteiger partial charge is 0.173 e. The zero-order valence-electron chi connectivity index (χ0n) is 10.6. The normalized spacial score (nSPS) is 12.1. The molecule has 0 atom stereocenters. The lowest BCUT2D eigenvalue weighted by Crippen LogP contribution is -2.24. The molecular formula is C12H18FN3O2. The first-order valence-corrected chi connectivity index (χ1v) is 5.53. The molecule has 0 saturated heterocycles. The number of amidine groups is 1. The van der Waals surface area contributed by atoms with Crippen LogP contribution in [0.2, 0.25) is 0 Å². The van der Waals surface area contributed by atoms with Crippen molar-refractivity contribution in [3.05, 3.63) is 35.1 Å². The SMILES string of the molecule is COCCN(C)Cc1cccc(/C(N)=N/O)c1F. The minimum Gasteiger partial charge on any atom is -0.409 e. The molecule has 0 saturated carbocycles. The van der Waals surface area contributed by atoms with Crippen molar-refractivity contribution in [3.63, 3.8) is 0 Å².